The fraction of sp³-hybridized carbons (Fsp3) is 0.312. The van der Waals surface area contributed by atoms with E-state index >= 15 is 0 Å². The molecular formula is C16H16N4O2S. The van der Waals surface area contributed by atoms with E-state index in [1.165, 1.54) is 11.3 Å². The molecule has 0 radical (unpaired) electrons. The minimum atomic E-state index is 0.0993. The van der Waals surface area contributed by atoms with Crippen LogP contribution in [0.1, 0.15) is 0 Å². The molecule has 0 atom stereocenters. The average molecular weight is 328 g/mol. The highest BCUT2D eigenvalue weighted by atomic mass is 32.1. The van der Waals surface area contributed by atoms with Crippen LogP contribution < -0.4 is 0 Å². The summed E-state index contributed by atoms with van der Waals surface area (Å²) >= 11 is 1.53. The first-order valence-electron chi connectivity index (χ1n) is 7.52. The Bertz CT molecular complexity index is 822. The van der Waals surface area contributed by atoms with Gasteiger partial charge >= 0.3 is 0 Å². The van der Waals surface area contributed by atoms with Crippen LogP contribution in [0, 0.1) is 0 Å². The molecule has 1 fully saturated rings. The van der Waals surface area contributed by atoms with Gasteiger partial charge in [-0.15, -0.1) is 11.3 Å². The molecule has 1 amide bonds. The fourth-order valence-corrected chi connectivity index (χ4v) is 3.42. The largest absolute Gasteiger partial charge is 0.378 e. The number of rotatable bonds is 3. The summed E-state index contributed by atoms with van der Waals surface area (Å²) in [6.07, 6.45) is 1.79. The molecule has 1 aliphatic rings. The number of ether oxygens (including phenoxy) is 1. The van der Waals surface area contributed by atoms with Crippen molar-refractivity contribution in [2.45, 2.75) is 6.54 Å². The van der Waals surface area contributed by atoms with Crippen LogP contribution in [0.15, 0.2) is 36.0 Å². The van der Waals surface area contributed by atoms with E-state index < -0.39 is 0 Å². The number of amides is 1. The van der Waals surface area contributed by atoms with E-state index in [4.69, 9.17) is 9.72 Å². The van der Waals surface area contributed by atoms with Gasteiger partial charge in [0.25, 0.3) is 0 Å². The quantitative estimate of drug-likeness (QED) is 0.738. The lowest BCUT2D eigenvalue weighted by Gasteiger charge is -2.27. The van der Waals surface area contributed by atoms with Crippen molar-refractivity contribution in [3.8, 4) is 10.7 Å². The molecule has 2 aromatic heterocycles. The van der Waals surface area contributed by atoms with E-state index in [0.29, 0.717) is 26.3 Å². The first kappa shape index (κ1) is 14.3. The molecule has 4 rings (SSSR count). The second kappa shape index (κ2) is 6.10. The number of nitrogens with zero attached hydrogens (tertiary/aromatic N) is 4. The summed E-state index contributed by atoms with van der Waals surface area (Å²) in [5.41, 5.74) is 3.64. The number of benzene rings is 1. The van der Waals surface area contributed by atoms with Gasteiger partial charge < -0.3 is 14.2 Å². The first-order valence-corrected chi connectivity index (χ1v) is 8.40. The van der Waals surface area contributed by atoms with Crippen LogP contribution in [0.3, 0.4) is 0 Å². The van der Waals surface area contributed by atoms with Crippen LogP contribution in [0.4, 0.5) is 0 Å². The van der Waals surface area contributed by atoms with Crippen LogP contribution in [0.25, 0.3) is 21.7 Å². The van der Waals surface area contributed by atoms with E-state index in [1.54, 1.807) is 11.7 Å². The van der Waals surface area contributed by atoms with E-state index in [2.05, 4.69) is 4.98 Å². The number of morpholine rings is 1. The lowest BCUT2D eigenvalue weighted by molar-refractivity contribution is -0.135. The zero-order valence-corrected chi connectivity index (χ0v) is 13.3. The van der Waals surface area contributed by atoms with Crippen molar-refractivity contribution in [2.24, 2.45) is 0 Å². The summed E-state index contributed by atoms with van der Waals surface area (Å²) in [7, 11) is 0. The van der Waals surface area contributed by atoms with Crippen molar-refractivity contribution in [3.63, 3.8) is 0 Å². The minimum Gasteiger partial charge on any atom is -0.378 e. The molecule has 23 heavy (non-hydrogen) atoms. The van der Waals surface area contributed by atoms with Gasteiger partial charge in [0, 0.05) is 19.3 Å². The maximum Gasteiger partial charge on any atom is 0.242 e. The molecule has 0 bridgehead atoms. The van der Waals surface area contributed by atoms with Gasteiger partial charge in [-0.05, 0) is 12.1 Å². The summed E-state index contributed by atoms with van der Waals surface area (Å²) in [5.74, 6) is 0.900. The normalized spacial score (nSPS) is 15.2. The van der Waals surface area contributed by atoms with Gasteiger partial charge in [-0.2, -0.15) is 0 Å². The summed E-state index contributed by atoms with van der Waals surface area (Å²) in [6.45, 7) is 2.81. The molecule has 6 nitrogen and oxygen atoms in total. The number of hydrogen-bond acceptors (Lipinski definition) is 5. The molecule has 7 heteroatoms. The molecule has 0 unspecified atom stereocenters. The number of hydrogen-bond donors (Lipinski definition) is 0. The van der Waals surface area contributed by atoms with Crippen LogP contribution >= 0.6 is 11.3 Å². The number of imidazole rings is 1. The van der Waals surface area contributed by atoms with Gasteiger partial charge in [0.15, 0.2) is 5.82 Å². The van der Waals surface area contributed by atoms with Crippen molar-refractivity contribution >= 4 is 28.3 Å². The molecular weight excluding hydrogens is 312 g/mol. The molecule has 1 saturated heterocycles. The number of aromatic nitrogens is 3. The number of carbonyl (C=O) groups is 1. The smallest absolute Gasteiger partial charge is 0.242 e. The predicted octanol–water partition coefficient (Wildman–Crippen LogP) is 2.02. The molecule has 1 aromatic carbocycles. The molecule has 0 saturated carbocycles. The molecule has 0 spiro atoms. The molecule has 0 aliphatic carbocycles. The lowest BCUT2D eigenvalue weighted by Crippen LogP contribution is -2.42. The maximum absolute atomic E-state index is 12.6. The topological polar surface area (TPSA) is 60.2 Å². The molecule has 1 aliphatic heterocycles. The lowest BCUT2D eigenvalue weighted by atomic mass is 10.3. The van der Waals surface area contributed by atoms with Crippen LogP contribution in [-0.2, 0) is 16.1 Å². The highest BCUT2D eigenvalue weighted by Gasteiger charge is 2.21. The van der Waals surface area contributed by atoms with Crippen molar-refractivity contribution in [3.05, 3.63) is 36.0 Å². The Hall–Kier alpha value is -2.25. The standard InChI is InChI=1S/C16H16N4O2S/c21-15(19-5-7-22-8-6-19)10-20-13-4-2-1-3-12(13)18-16(20)14-9-17-11-23-14/h1-4,9,11H,5-8,10H2. The van der Waals surface area contributed by atoms with Crippen molar-refractivity contribution in [2.75, 3.05) is 26.3 Å². The average Bonchev–Trinajstić information content (AvgIpc) is 3.24. The van der Waals surface area contributed by atoms with Crippen molar-refractivity contribution < 1.29 is 9.53 Å². The number of thiazole rings is 1. The monoisotopic (exact) mass is 328 g/mol. The third-order valence-electron chi connectivity index (χ3n) is 3.96. The molecule has 3 heterocycles. The Morgan fingerprint density at radius 3 is 2.87 bits per heavy atom. The fourth-order valence-electron chi connectivity index (χ4n) is 2.80. The van der Waals surface area contributed by atoms with Gasteiger partial charge in [-0.1, -0.05) is 12.1 Å². The van der Waals surface area contributed by atoms with Crippen LogP contribution in [0.2, 0.25) is 0 Å². The summed E-state index contributed by atoms with van der Waals surface area (Å²) in [6, 6.07) is 7.89. The number of carbonyl (C=O) groups excluding carboxylic acids is 1. The Balaban J connectivity index is 1.72. The first-order chi connectivity index (χ1) is 11.3. The van der Waals surface area contributed by atoms with E-state index in [0.717, 1.165) is 21.7 Å². The molecule has 118 valence electrons. The van der Waals surface area contributed by atoms with Crippen LogP contribution in [0.5, 0.6) is 0 Å². The molecule has 0 N–H and O–H groups in total. The van der Waals surface area contributed by atoms with Crippen molar-refractivity contribution in [1.29, 1.82) is 0 Å². The van der Waals surface area contributed by atoms with E-state index in [1.807, 2.05) is 33.7 Å². The Kier molecular flexibility index (Phi) is 3.80. The zero-order valence-electron chi connectivity index (χ0n) is 12.5. The second-order valence-electron chi connectivity index (χ2n) is 5.37. The highest BCUT2D eigenvalue weighted by Crippen LogP contribution is 2.27. The Labute approximate surface area is 137 Å². The Morgan fingerprint density at radius 2 is 2.09 bits per heavy atom. The zero-order chi connectivity index (χ0) is 15.6. The predicted molar refractivity (Wildman–Crippen MR) is 88.2 cm³/mol. The Morgan fingerprint density at radius 1 is 1.26 bits per heavy atom. The SMILES string of the molecule is O=C(Cn1c(-c2cncs2)nc2ccccc21)N1CCOCC1. The van der Waals surface area contributed by atoms with Crippen molar-refractivity contribution in [1.82, 2.24) is 19.4 Å². The number of fused-ring (bicyclic) bond motifs is 1. The highest BCUT2D eigenvalue weighted by molar-refractivity contribution is 7.13. The maximum atomic E-state index is 12.6. The summed E-state index contributed by atoms with van der Waals surface area (Å²) in [4.78, 5) is 24.3. The summed E-state index contributed by atoms with van der Waals surface area (Å²) < 4.78 is 7.31. The van der Waals surface area contributed by atoms with Gasteiger partial charge in [0.2, 0.25) is 5.91 Å². The van der Waals surface area contributed by atoms with Gasteiger partial charge in [0.1, 0.15) is 6.54 Å². The third kappa shape index (κ3) is 2.73. The minimum absolute atomic E-state index is 0.0993. The van der Waals surface area contributed by atoms with Gasteiger partial charge in [0.05, 0.1) is 34.6 Å². The van der Waals surface area contributed by atoms with Crippen LogP contribution in [-0.4, -0.2) is 51.6 Å². The molecule has 3 aromatic rings. The van der Waals surface area contributed by atoms with Gasteiger partial charge in [-0.3, -0.25) is 9.78 Å². The van der Waals surface area contributed by atoms with E-state index in [-0.39, 0.29) is 12.5 Å². The van der Waals surface area contributed by atoms with Gasteiger partial charge in [-0.25, -0.2) is 4.98 Å². The third-order valence-corrected chi connectivity index (χ3v) is 4.73. The second-order valence-corrected chi connectivity index (χ2v) is 6.26. The summed E-state index contributed by atoms with van der Waals surface area (Å²) in [5, 5.41) is 0. The van der Waals surface area contributed by atoms with E-state index in [9.17, 15) is 4.79 Å². The number of para-hydroxylation sites is 2.